The Morgan fingerprint density at radius 3 is 2.64 bits per heavy atom. The molecule has 1 heterocycles. The predicted octanol–water partition coefficient (Wildman–Crippen LogP) is 3.14. The number of aromatic amines is 1. The second-order valence-corrected chi connectivity index (χ2v) is 7.59. The van der Waals surface area contributed by atoms with Gasteiger partial charge in [0, 0.05) is 5.56 Å². The molecule has 0 saturated heterocycles. The van der Waals surface area contributed by atoms with Gasteiger partial charge in [0.25, 0.3) is 0 Å². The molecule has 0 fully saturated rings. The summed E-state index contributed by atoms with van der Waals surface area (Å²) < 4.78 is 29.3. The summed E-state index contributed by atoms with van der Waals surface area (Å²) >= 11 is 0. The van der Waals surface area contributed by atoms with E-state index in [0.717, 1.165) is 31.2 Å². The summed E-state index contributed by atoms with van der Waals surface area (Å²) in [4.78, 5) is 0.234. The van der Waals surface area contributed by atoms with Gasteiger partial charge in [-0.2, -0.15) is 5.21 Å². The van der Waals surface area contributed by atoms with Crippen LogP contribution in [-0.4, -0.2) is 29.0 Å². The number of tetrazole rings is 1. The molecule has 25 heavy (non-hydrogen) atoms. The molecular weight excluding hydrogens is 338 g/mol. The lowest BCUT2D eigenvalue weighted by atomic mass is 9.92. The van der Waals surface area contributed by atoms with Gasteiger partial charge < -0.3 is 4.72 Å². The largest absolute Gasteiger partial charge is 0.573 e. The van der Waals surface area contributed by atoms with Crippen molar-refractivity contribution in [1.82, 2.24) is 20.6 Å². The van der Waals surface area contributed by atoms with Gasteiger partial charge in [0.1, 0.15) is 10.0 Å². The average Bonchev–Trinajstić information content (AvgIpc) is 3.16. The maximum atomic E-state index is 12.7. The smallest absolute Gasteiger partial charge is 0.204 e. The fourth-order valence-corrected chi connectivity index (χ4v) is 4.08. The van der Waals surface area contributed by atoms with Gasteiger partial charge in [-0.3, -0.25) is 0 Å². The highest BCUT2D eigenvalue weighted by Gasteiger charge is 2.13. The molecule has 1 aliphatic carbocycles. The molecule has 1 N–H and O–H groups in total. The first-order valence-electron chi connectivity index (χ1n) is 8.05. The first-order chi connectivity index (χ1) is 12.1. The Bertz CT molecular complexity index is 1000. The van der Waals surface area contributed by atoms with Crippen LogP contribution in [0.4, 0.5) is 5.69 Å². The van der Waals surface area contributed by atoms with E-state index < -0.39 is 10.0 Å². The molecule has 0 aliphatic heterocycles. The zero-order valence-electron chi connectivity index (χ0n) is 13.4. The SMILES string of the molecule is O=S(=O)([N-]c1cccc(-c2nn[nH]n2)c1)c1ccc2c(c1)CCCC2. The number of rotatable bonds is 4. The van der Waals surface area contributed by atoms with Gasteiger partial charge >= 0.3 is 0 Å². The number of hydrogen-bond donors (Lipinski definition) is 1. The number of benzene rings is 2. The minimum atomic E-state index is -3.77. The highest BCUT2D eigenvalue weighted by atomic mass is 32.2. The molecule has 8 heteroatoms. The summed E-state index contributed by atoms with van der Waals surface area (Å²) in [6.45, 7) is 0. The molecule has 2 aromatic carbocycles. The van der Waals surface area contributed by atoms with Crippen molar-refractivity contribution in [2.45, 2.75) is 30.6 Å². The van der Waals surface area contributed by atoms with E-state index in [1.165, 1.54) is 5.56 Å². The Hall–Kier alpha value is -2.74. The first-order valence-corrected chi connectivity index (χ1v) is 9.49. The predicted molar refractivity (Wildman–Crippen MR) is 92.9 cm³/mol. The van der Waals surface area contributed by atoms with Gasteiger partial charge in [-0.1, -0.05) is 30.3 Å². The third kappa shape index (κ3) is 3.25. The number of fused-ring (bicyclic) bond motifs is 1. The Morgan fingerprint density at radius 1 is 1.00 bits per heavy atom. The molecule has 0 amide bonds. The summed E-state index contributed by atoms with van der Waals surface area (Å²) in [6.07, 6.45) is 4.19. The van der Waals surface area contributed by atoms with E-state index in [0.29, 0.717) is 17.1 Å². The summed E-state index contributed by atoms with van der Waals surface area (Å²) in [5, 5.41) is 13.7. The van der Waals surface area contributed by atoms with Gasteiger partial charge in [-0.15, -0.1) is 15.9 Å². The molecule has 0 saturated carbocycles. The van der Waals surface area contributed by atoms with Crippen LogP contribution in [0.5, 0.6) is 0 Å². The number of nitrogens with one attached hydrogen (secondary N) is 1. The van der Waals surface area contributed by atoms with E-state index in [4.69, 9.17) is 0 Å². The normalized spacial score (nSPS) is 14.1. The Labute approximate surface area is 145 Å². The third-order valence-electron chi connectivity index (χ3n) is 4.29. The lowest BCUT2D eigenvalue weighted by Crippen LogP contribution is -2.05. The zero-order chi connectivity index (χ0) is 17.3. The van der Waals surface area contributed by atoms with Gasteiger partial charge in [0.05, 0.1) is 4.90 Å². The van der Waals surface area contributed by atoms with E-state index in [1.807, 2.05) is 6.07 Å². The van der Waals surface area contributed by atoms with E-state index >= 15 is 0 Å². The lowest BCUT2D eigenvalue weighted by molar-refractivity contribution is 0.602. The van der Waals surface area contributed by atoms with Gasteiger partial charge in [0.15, 0.2) is 0 Å². The third-order valence-corrected chi connectivity index (χ3v) is 5.59. The lowest BCUT2D eigenvalue weighted by Gasteiger charge is -2.24. The quantitative estimate of drug-likeness (QED) is 0.775. The van der Waals surface area contributed by atoms with Crippen molar-refractivity contribution in [1.29, 1.82) is 0 Å². The standard InChI is InChI=1S/C17H16N5O2S/c23-25(24,16-9-8-12-4-1-2-5-13(12)11-16)20-15-7-3-6-14(10-15)17-18-21-22-19-17/h3,6-11H,1-2,4-5H2,(H,18,19,21,22)/q-1. The Balaban J connectivity index is 1.62. The fourth-order valence-electron chi connectivity index (χ4n) is 3.05. The Morgan fingerprint density at radius 2 is 1.84 bits per heavy atom. The monoisotopic (exact) mass is 354 g/mol. The topological polar surface area (TPSA) is 103 Å². The molecule has 0 bridgehead atoms. The van der Waals surface area contributed by atoms with Crippen LogP contribution in [0.3, 0.4) is 0 Å². The molecule has 4 rings (SSSR count). The molecule has 0 unspecified atom stereocenters. The molecule has 128 valence electrons. The van der Waals surface area contributed by atoms with Crippen molar-refractivity contribution in [3.05, 3.63) is 58.3 Å². The number of hydrogen-bond acceptors (Lipinski definition) is 5. The number of aryl methyl sites for hydroxylation is 2. The van der Waals surface area contributed by atoms with Crippen LogP contribution in [0.1, 0.15) is 24.0 Å². The van der Waals surface area contributed by atoms with E-state index in [9.17, 15) is 8.42 Å². The summed E-state index contributed by atoms with van der Waals surface area (Å²) in [7, 11) is -3.77. The van der Waals surface area contributed by atoms with Crippen LogP contribution >= 0.6 is 0 Å². The number of aromatic nitrogens is 4. The molecule has 7 nitrogen and oxygen atoms in total. The second-order valence-electron chi connectivity index (χ2n) is 5.99. The molecule has 0 atom stereocenters. The van der Waals surface area contributed by atoms with Crippen molar-refractivity contribution in [3.8, 4) is 11.4 Å². The highest BCUT2D eigenvalue weighted by Crippen LogP contribution is 2.32. The molecule has 1 aromatic heterocycles. The number of nitrogens with zero attached hydrogens (tertiary/aromatic N) is 4. The van der Waals surface area contributed by atoms with Crippen molar-refractivity contribution in [3.63, 3.8) is 0 Å². The molecular formula is C17H16N5O2S-. The molecule has 3 aromatic rings. The minimum Gasteiger partial charge on any atom is -0.573 e. The van der Waals surface area contributed by atoms with Crippen LogP contribution in [0.15, 0.2) is 47.4 Å². The fraction of sp³-hybridized carbons (Fsp3) is 0.235. The number of H-pyrrole nitrogens is 1. The van der Waals surface area contributed by atoms with E-state index in [-0.39, 0.29) is 4.90 Å². The summed E-state index contributed by atoms with van der Waals surface area (Å²) in [6, 6.07) is 12.1. The maximum Gasteiger partial charge on any atom is 0.204 e. The Kier molecular flexibility index (Phi) is 3.96. The van der Waals surface area contributed by atoms with Crippen LogP contribution in [0, 0.1) is 0 Å². The molecule has 1 aliphatic rings. The van der Waals surface area contributed by atoms with Crippen molar-refractivity contribution in [2.24, 2.45) is 0 Å². The van der Waals surface area contributed by atoms with Crippen molar-refractivity contribution in [2.75, 3.05) is 0 Å². The van der Waals surface area contributed by atoms with Gasteiger partial charge in [0.2, 0.25) is 5.82 Å². The zero-order valence-corrected chi connectivity index (χ0v) is 14.2. The van der Waals surface area contributed by atoms with Gasteiger partial charge in [-0.25, -0.2) is 8.42 Å². The van der Waals surface area contributed by atoms with Gasteiger partial charge in [-0.05, 0) is 54.2 Å². The number of sulfonamides is 1. The second kappa shape index (κ2) is 6.29. The van der Waals surface area contributed by atoms with Crippen LogP contribution in [-0.2, 0) is 22.9 Å². The van der Waals surface area contributed by atoms with Crippen LogP contribution in [0.25, 0.3) is 16.1 Å². The summed E-state index contributed by atoms with van der Waals surface area (Å²) in [5.41, 5.74) is 3.34. The molecule has 0 spiro atoms. The minimum absolute atomic E-state index is 0.234. The summed E-state index contributed by atoms with van der Waals surface area (Å²) in [5.74, 6) is 0.392. The molecule has 0 radical (unpaired) electrons. The van der Waals surface area contributed by atoms with Crippen LogP contribution < -0.4 is 0 Å². The van der Waals surface area contributed by atoms with Crippen molar-refractivity contribution < 1.29 is 8.42 Å². The van der Waals surface area contributed by atoms with Crippen LogP contribution in [0.2, 0.25) is 0 Å². The highest BCUT2D eigenvalue weighted by molar-refractivity contribution is 7.94. The first kappa shape index (κ1) is 15.8. The van der Waals surface area contributed by atoms with E-state index in [1.54, 1.807) is 36.4 Å². The van der Waals surface area contributed by atoms with E-state index in [2.05, 4.69) is 25.3 Å². The van der Waals surface area contributed by atoms with Crippen molar-refractivity contribution >= 4 is 15.7 Å². The maximum absolute atomic E-state index is 12.7. The average molecular weight is 354 g/mol.